The van der Waals surface area contributed by atoms with Gasteiger partial charge in [0.2, 0.25) is 0 Å². The lowest BCUT2D eigenvalue weighted by molar-refractivity contribution is -0.160. The third-order valence-electron chi connectivity index (χ3n) is 4.49. The average Bonchev–Trinajstić information content (AvgIpc) is 3.38. The van der Waals surface area contributed by atoms with Gasteiger partial charge >= 0.3 is 5.97 Å². The van der Waals surface area contributed by atoms with Crippen molar-refractivity contribution in [2.75, 3.05) is 12.9 Å². The molecular formula is C21H28O7S. The molecule has 1 aromatic carbocycles. The van der Waals surface area contributed by atoms with Gasteiger partial charge in [-0.05, 0) is 59.6 Å². The Bertz CT molecular complexity index is 935. The summed E-state index contributed by atoms with van der Waals surface area (Å²) in [6.07, 6.45) is 2.33. The summed E-state index contributed by atoms with van der Waals surface area (Å²) >= 11 is 0. The Labute approximate surface area is 171 Å². The number of esters is 1. The molecule has 1 aromatic rings. The van der Waals surface area contributed by atoms with Gasteiger partial charge in [0.1, 0.15) is 16.2 Å². The highest BCUT2D eigenvalue weighted by atomic mass is 32.2. The first kappa shape index (κ1) is 23.1. The van der Waals surface area contributed by atoms with Crippen LogP contribution in [0, 0.1) is 18.8 Å². The van der Waals surface area contributed by atoms with Gasteiger partial charge in [0.15, 0.2) is 27.3 Å². The molecule has 0 aromatic heterocycles. The number of ketones is 2. The van der Waals surface area contributed by atoms with E-state index in [2.05, 4.69) is 0 Å². The van der Waals surface area contributed by atoms with Crippen LogP contribution in [-0.2, 0) is 24.2 Å². The summed E-state index contributed by atoms with van der Waals surface area (Å²) < 4.78 is 35.0. The average molecular weight is 425 g/mol. The molecule has 8 heteroatoms. The van der Waals surface area contributed by atoms with Crippen LogP contribution in [0.2, 0.25) is 0 Å². The molecule has 1 aliphatic rings. The highest BCUT2D eigenvalue weighted by Crippen LogP contribution is 2.36. The number of hydrogen-bond acceptors (Lipinski definition) is 7. The van der Waals surface area contributed by atoms with Crippen LogP contribution in [0.1, 0.15) is 56.5 Å². The molecular weight excluding hydrogens is 396 g/mol. The SMILES string of the molecule is CCOc1c(S(C)(=O)=O)ccc(C(=O)C(C(=O)OC(C)(C)C)C(=O)C2CC2)c1C. The normalized spacial score (nSPS) is 15.5. The van der Waals surface area contributed by atoms with Crippen LogP contribution in [0.4, 0.5) is 0 Å². The number of benzene rings is 1. The Balaban J connectivity index is 2.54. The van der Waals surface area contributed by atoms with Crippen LogP contribution < -0.4 is 4.74 Å². The van der Waals surface area contributed by atoms with E-state index in [1.807, 2.05) is 0 Å². The maximum atomic E-state index is 13.3. The molecule has 1 saturated carbocycles. The van der Waals surface area contributed by atoms with Crippen molar-refractivity contribution in [3.8, 4) is 5.75 Å². The first-order valence-electron chi connectivity index (χ1n) is 9.55. The summed E-state index contributed by atoms with van der Waals surface area (Å²) in [6.45, 7) is 8.41. The molecule has 0 N–H and O–H groups in total. The molecule has 1 fully saturated rings. The maximum absolute atomic E-state index is 13.3. The van der Waals surface area contributed by atoms with Crippen LogP contribution in [0.25, 0.3) is 0 Å². The molecule has 1 unspecified atom stereocenters. The maximum Gasteiger partial charge on any atom is 0.325 e. The molecule has 2 rings (SSSR count). The Morgan fingerprint density at radius 1 is 1.17 bits per heavy atom. The molecule has 0 radical (unpaired) electrons. The van der Waals surface area contributed by atoms with Gasteiger partial charge in [-0.25, -0.2) is 8.42 Å². The predicted octanol–water partition coefficient (Wildman–Crippen LogP) is 2.92. The van der Waals surface area contributed by atoms with Gasteiger partial charge in [-0.15, -0.1) is 0 Å². The molecule has 1 atom stereocenters. The first-order chi connectivity index (χ1) is 13.3. The summed E-state index contributed by atoms with van der Waals surface area (Å²) in [4.78, 5) is 38.7. The number of ether oxygens (including phenoxy) is 2. The number of Topliss-reactive ketones (excluding diaryl/α,β-unsaturated/α-hetero) is 2. The number of carbonyl (C=O) groups is 3. The van der Waals surface area contributed by atoms with Crippen molar-refractivity contribution in [2.24, 2.45) is 11.8 Å². The third kappa shape index (κ3) is 5.44. The van der Waals surface area contributed by atoms with E-state index in [1.54, 1.807) is 34.6 Å². The summed E-state index contributed by atoms with van der Waals surface area (Å²) in [5.74, 6) is -3.87. The van der Waals surface area contributed by atoms with E-state index in [1.165, 1.54) is 12.1 Å². The highest BCUT2D eigenvalue weighted by Gasteiger charge is 2.45. The molecule has 0 bridgehead atoms. The van der Waals surface area contributed by atoms with Gasteiger partial charge < -0.3 is 9.47 Å². The largest absolute Gasteiger partial charge is 0.492 e. The van der Waals surface area contributed by atoms with Crippen molar-refractivity contribution in [2.45, 2.75) is 58.0 Å². The van der Waals surface area contributed by atoms with Crippen molar-refractivity contribution in [3.63, 3.8) is 0 Å². The fourth-order valence-corrected chi connectivity index (χ4v) is 3.89. The lowest BCUT2D eigenvalue weighted by Gasteiger charge is -2.23. The van der Waals surface area contributed by atoms with Gasteiger partial charge in [-0.1, -0.05) is 0 Å². The molecule has 0 heterocycles. The zero-order chi connectivity index (χ0) is 22.1. The van der Waals surface area contributed by atoms with Crippen molar-refractivity contribution in [1.29, 1.82) is 0 Å². The van der Waals surface area contributed by atoms with Crippen molar-refractivity contribution >= 4 is 27.4 Å². The predicted molar refractivity (Wildman–Crippen MR) is 107 cm³/mol. The zero-order valence-corrected chi connectivity index (χ0v) is 18.5. The van der Waals surface area contributed by atoms with E-state index < -0.39 is 38.9 Å². The standard InChI is InChI=1S/C21H28O7S/c1-7-27-19-12(2)14(10-11-15(19)29(6,25)26)18(23)16(17(22)13-8-9-13)20(24)28-21(3,4)5/h10-11,13,16H,7-9H2,1-6H3. The number of rotatable bonds is 8. The molecule has 0 saturated heterocycles. The molecule has 0 aliphatic heterocycles. The minimum absolute atomic E-state index is 0.0456. The first-order valence-corrected chi connectivity index (χ1v) is 11.4. The Morgan fingerprint density at radius 3 is 2.21 bits per heavy atom. The fraction of sp³-hybridized carbons (Fsp3) is 0.571. The third-order valence-corrected chi connectivity index (χ3v) is 5.61. The topological polar surface area (TPSA) is 104 Å². The quantitative estimate of drug-likeness (QED) is 0.359. The summed E-state index contributed by atoms with van der Waals surface area (Å²) in [6, 6.07) is 2.60. The second-order valence-electron chi connectivity index (χ2n) is 8.28. The Morgan fingerprint density at radius 2 is 1.76 bits per heavy atom. The van der Waals surface area contributed by atoms with E-state index in [-0.39, 0.29) is 34.3 Å². The van der Waals surface area contributed by atoms with E-state index in [9.17, 15) is 22.8 Å². The van der Waals surface area contributed by atoms with Crippen LogP contribution in [0.15, 0.2) is 17.0 Å². The van der Waals surface area contributed by atoms with Gasteiger partial charge in [0.25, 0.3) is 0 Å². The molecule has 0 amide bonds. The number of hydrogen-bond donors (Lipinski definition) is 0. The van der Waals surface area contributed by atoms with E-state index in [0.29, 0.717) is 12.8 Å². The van der Waals surface area contributed by atoms with Gasteiger partial charge in [0.05, 0.1) is 6.61 Å². The van der Waals surface area contributed by atoms with Gasteiger partial charge in [-0.2, -0.15) is 0 Å². The number of carbonyl (C=O) groups excluding carboxylic acids is 3. The van der Waals surface area contributed by atoms with Gasteiger partial charge in [0, 0.05) is 23.3 Å². The van der Waals surface area contributed by atoms with Crippen molar-refractivity contribution < 1.29 is 32.3 Å². The van der Waals surface area contributed by atoms with Crippen LogP contribution in [0.5, 0.6) is 5.75 Å². The second kappa shape index (κ2) is 8.26. The molecule has 0 spiro atoms. The smallest absolute Gasteiger partial charge is 0.325 e. The minimum Gasteiger partial charge on any atom is -0.492 e. The minimum atomic E-state index is -3.60. The monoisotopic (exact) mass is 424 g/mol. The lowest BCUT2D eigenvalue weighted by Crippen LogP contribution is -2.38. The van der Waals surface area contributed by atoms with Crippen LogP contribution in [-0.4, -0.2) is 44.4 Å². The Kier molecular flexibility index (Phi) is 6.57. The highest BCUT2D eigenvalue weighted by molar-refractivity contribution is 7.90. The Hall–Kier alpha value is -2.22. The molecule has 29 heavy (non-hydrogen) atoms. The molecule has 1 aliphatic carbocycles. The van der Waals surface area contributed by atoms with E-state index >= 15 is 0 Å². The van der Waals surface area contributed by atoms with E-state index in [4.69, 9.17) is 9.47 Å². The second-order valence-corrected chi connectivity index (χ2v) is 10.3. The van der Waals surface area contributed by atoms with E-state index in [0.717, 1.165) is 6.26 Å². The summed E-state index contributed by atoms with van der Waals surface area (Å²) in [7, 11) is -3.60. The number of sulfone groups is 1. The lowest BCUT2D eigenvalue weighted by atomic mass is 9.89. The van der Waals surface area contributed by atoms with Crippen LogP contribution >= 0.6 is 0 Å². The van der Waals surface area contributed by atoms with Gasteiger partial charge in [-0.3, -0.25) is 14.4 Å². The zero-order valence-electron chi connectivity index (χ0n) is 17.7. The summed E-state index contributed by atoms with van der Waals surface area (Å²) in [5, 5.41) is 0. The van der Waals surface area contributed by atoms with Crippen molar-refractivity contribution in [1.82, 2.24) is 0 Å². The summed E-state index contributed by atoms with van der Waals surface area (Å²) in [5.41, 5.74) is -0.506. The fourth-order valence-electron chi connectivity index (χ4n) is 3.02. The van der Waals surface area contributed by atoms with Crippen LogP contribution in [0.3, 0.4) is 0 Å². The molecule has 160 valence electrons. The van der Waals surface area contributed by atoms with Crippen molar-refractivity contribution in [3.05, 3.63) is 23.3 Å². The molecule has 7 nitrogen and oxygen atoms in total.